The first kappa shape index (κ1) is 18.1. The summed E-state index contributed by atoms with van der Waals surface area (Å²) in [6.07, 6.45) is 3.40. The Kier molecular flexibility index (Phi) is 4.65. The predicted octanol–water partition coefficient (Wildman–Crippen LogP) is 3.15. The van der Waals surface area contributed by atoms with E-state index in [0.29, 0.717) is 25.0 Å². The number of aromatic nitrogens is 3. The smallest absolute Gasteiger partial charge is 0.251 e. The molecular formula is C21H22N4O4. The summed E-state index contributed by atoms with van der Waals surface area (Å²) in [7, 11) is 1.64. The minimum Gasteiger partial charge on any atom is -0.497 e. The molecule has 8 nitrogen and oxygen atoms in total. The minimum atomic E-state index is -0.419. The fourth-order valence-electron chi connectivity index (χ4n) is 3.84. The average Bonchev–Trinajstić information content (AvgIpc) is 3.45. The van der Waals surface area contributed by atoms with Gasteiger partial charge in [0.2, 0.25) is 5.89 Å². The monoisotopic (exact) mass is 394 g/mol. The molecule has 8 heteroatoms. The van der Waals surface area contributed by atoms with E-state index in [4.69, 9.17) is 18.6 Å². The Bertz CT molecular complexity index is 972. The van der Waals surface area contributed by atoms with E-state index in [1.54, 1.807) is 13.3 Å². The highest BCUT2D eigenvalue weighted by atomic mass is 16.7. The molecule has 2 aliphatic rings. The predicted molar refractivity (Wildman–Crippen MR) is 106 cm³/mol. The lowest BCUT2D eigenvalue weighted by Gasteiger charge is -2.38. The first-order valence-electron chi connectivity index (χ1n) is 9.73. The highest BCUT2D eigenvalue weighted by Crippen LogP contribution is 2.36. The molecule has 1 spiro atoms. The van der Waals surface area contributed by atoms with Crippen LogP contribution in [0.3, 0.4) is 0 Å². The van der Waals surface area contributed by atoms with E-state index in [0.717, 1.165) is 48.6 Å². The summed E-state index contributed by atoms with van der Waals surface area (Å²) in [4.78, 5) is 6.82. The zero-order valence-electron chi connectivity index (χ0n) is 16.2. The van der Waals surface area contributed by atoms with Crippen molar-refractivity contribution >= 4 is 5.82 Å². The first-order valence-corrected chi connectivity index (χ1v) is 9.73. The fourth-order valence-corrected chi connectivity index (χ4v) is 3.84. The van der Waals surface area contributed by atoms with E-state index in [-0.39, 0.29) is 0 Å². The molecule has 4 heterocycles. The maximum absolute atomic E-state index is 5.97. The van der Waals surface area contributed by atoms with Gasteiger partial charge in [-0.1, -0.05) is 0 Å². The fraction of sp³-hybridized carbons (Fsp3) is 0.381. The second-order valence-electron chi connectivity index (χ2n) is 7.11. The quantitative estimate of drug-likeness (QED) is 0.667. The van der Waals surface area contributed by atoms with Gasteiger partial charge in [0.25, 0.3) is 5.89 Å². The Morgan fingerprint density at radius 1 is 0.966 bits per heavy atom. The molecule has 0 bridgehead atoms. The summed E-state index contributed by atoms with van der Waals surface area (Å²) in [5.74, 6) is 2.11. The number of hydrogen-bond acceptors (Lipinski definition) is 8. The van der Waals surface area contributed by atoms with Crippen LogP contribution in [0.5, 0.6) is 5.75 Å². The van der Waals surface area contributed by atoms with Gasteiger partial charge in [0.1, 0.15) is 11.6 Å². The summed E-state index contributed by atoms with van der Waals surface area (Å²) in [5, 5.41) is 8.49. The number of methoxy groups -OCH3 is 1. The van der Waals surface area contributed by atoms with Crippen molar-refractivity contribution in [3.63, 3.8) is 0 Å². The van der Waals surface area contributed by atoms with Gasteiger partial charge in [-0.3, -0.25) is 0 Å². The summed E-state index contributed by atoms with van der Waals surface area (Å²) in [5.41, 5.74) is 1.66. The van der Waals surface area contributed by atoms with Crippen LogP contribution in [0, 0.1) is 0 Å². The highest BCUT2D eigenvalue weighted by Gasteiger charge is 2.40. The number of benzene rings is 1. The first-order chi connectivity index (χ1) is 14.3. The molecule has 0 atom stereocenters. The molecule has 150 valence electrons. The molecule has 29 heavy (non-hydrogen) atoms. The van der Waals surface area contributed by atoms with Crippen LogP contribution in [0.4, 0.5) is 5.82 Å². The highest BCUT2D eigenvalue weighted by molar-refractivity contribution is 5.70. The van der Waals surface area contributed by atoms with E-state index in [1.165, 1.54) is 0 Å². The van der Waals surface area contributed by atoms with Crippen LogP contribution in [0.15, 0.2) is 47.0 Å². The zero-order valence-corrected chi connectivity index (χ0v) is 16.2. The molecule has 2 fully saturated rings. The number of ether oxygens (including phenoxy) is 3. The maximum Gasteiger partial charge on any atom is 0.251 e. The molecule has 0 unspecified atom stereocenters. The van der Waals surface area contributed by atoms with Gasteiger partial charge in [0, 0.05) is 37.7 Å². The van der Waals surface area contributed by atoms with Crippen LogP contribution in [-0.2, 0) is 9.47 Å². The summed E-state index contributed by atoms with van der Waals surface area (Å²) < 4.78 is 22.8. The van der Waals surface area contributed by atoms with E-state index in [9.17, 15) is 0 Å². The average molecular weight is 394 g/mol. The van der Waals surface area contributed by atoms with Gasteiger partial charge in [-0.15, -0.1) is 10.2 Å². The number of nitrogens with zero attached hydrogens (tertiary/aromatic N) is 4. The Morgan fingerprint density at radius 3 is 2.41 bits per heavy atom. The van der Waals surface area contributed by atoms with Crippen LogP contribution in [0.1, 0.15) is 12.8 Å². The van der Waals surface area contributed by atoms with Crippen molar-refractivity contribution in [2.75, 3.05) is 38.3 Å². The number of pyridine rings is 1. The third-order valence-corrected chi connectivity index (χ3v) is 5.42. The van der Waals surface area contributed by atoms with Gasteiger partial charge >= 0.3 is 0 Å². The largest absolute Gasteiger partial charge is 0.497 e. The molecule has 1 aromatic carbocycles. The van der Waals surface area contributed by atoms with Crippen LogP contribution < -0.4 is 9.64 Å². The van der Waals surface area contributed by atoms with Crippen molar-refractivity contribution in [1.29, 1.82) is 0 Å². The normalized spacial score (nSPS) is 18.3. The van der Waals surface area contributed by atoms with Crippen molar-refractivity contribution in [1.82, 2.24) is 15.2 Å². The summed E-state index contributed by atoms with van der Waals surface area (Å²) >= 11 is 0. The lowest BCUT2D eigenvalue weighted by molar-refractivity contribution is -0.169. The number of hydrogen-bond donors (Lipinski definition) is 0. The van der Waals surface area contributed by atoms with Crippen LogP contribution in [-0.4, -0.2) is 54.4 Å². The zero-order chi connectivity index (χ0) is 19.7. The number of rotatable bonds is 4. The molecule has 2 saturated heterocycles. The molecular weight excluding hydrogens is 372 g/mol. The maximum atomic E-state index is 5.97. The molecule has 5 rings (SSSR count). The third-order valence-electron chi connectivity index (χ3n) is 5.42. The van der Waals surface area contributed by atoms with Crippen molar-refractivity contribution in [3.8, 4) is 28.7 Å². The Morgan fingerprint density at radius 2 is 1.69 bits per heavy atom. The molecule has 2 aliphatic heterocycles. The topological polar surface area (TPSA) is 82.7 Å². The standard InChI is InChI=1S/C21H22N4O4/c1-26-16-6-4-15(5-7-16)19-23-24-20(29-19)17-3-2-10-22-18(17)25-11-8-21(9-12-25)27-13-14-28-21/h2-7,10H,8-9,11-14H2,1H3. The molecule has 0 N–H and O–H groups in total. The van der Waals surface area contributed by atoms with Crippen LogP contribution >= 0.6 is 0 Å². The Labute approximate surface area is 168 Å². The number of anilines is 1. The second kappa shape index (κ2) is 7.46. The molecule has 2 aromatic heterocycles. The van der Waals surface area contributed by atoms with Crippen molar-refractivity contribution in [3.05, 3.63) is 42.6 Å². The van der Waals surface area contributed by atoms with Crippen LogP contribution in [0.25, 0.3) is 22.9 Å². The summed E-state index contributed by atoms with van der Waals surface area (Å²) in [6.45, 7) is 2.93. The number of piperidine rings is 1. The van der Waals surface area contributed by atoms with Gasteiger partial charge in [-0.05, 0) is 36.4 Å². The Hall–Kier alpha value is -2.97. The Balaban J connectivity index is 1.39. The van der Waals surface area contributed by atoms with Crippen molar-refractivity contribution in [2.45, 2.75) is 18.6 Å². The van der Waals surface area contributed by atoms with Gasteiger partial charge < -0.3 is 23.5 Å². The van der Waals surface area contributed by atoms with E-state index in [2.05, 4.69) is 20.1 Å². The summed E-state index contributed by atoms with van der Waals surface area (Å²) in [6, 6.07) is 11.4. The van der Waals surface area contributed by atoms with Crippen molar-refractivity contribution in [2.24, 2.45) is 0 Å². The van der Waals surface area contributed by atoms with Gasteiger partial charge in [0.05, 0.1) is 25.9 Å². The molecule has 0 amide bonds. The lowest BCUT2D eigenvalue weighted by atomic mass is 10.0. The van der Waals surface area contributed by atoms with Crippen LogP contribution in [0.2, 0.25) is 0 Å². The van der Waals surface area contributed by atoms with E-state index in [1.807, 2.05) is 36.4 Å². The van der Waals surface area contributed by atoms with Gasteiger partial charge in [-0.2, -0.15) is 0 Å². The van der Waals surface area contributed by atoms with E-state index < -0.39 is 5.79 Å². The molecule has 3 aromatic rings. The molecule has 0 saturated carbocycles. The molecule has 0 radical (unpaired) electrons. The third kappa shape index (κ3) is 3.45. The van der Waals surface area contributed by atoms with Gasteiger partial charge in [0.15, 0.2) is 5.79 Å². The van der Waals surface area contributed by atoms with Crippen molar-refractivity contribution < 1.29 is 18.6 Å². The van der Waals surface area contributed by atoms with Gasteiger partial charge in [-0.25, -0.2) is 4.98 Å². The SMILES string of the molecule is COc1ccc(-c2nnc(-c3cccnc3N3CCC4(CC3)OCCO4)o2)cc1. The molecule has 0 aliphatic carbocycles. The van der Waals surface area contributed by atoms with E-state index >= 15 is 0 Å². The minimum absolute atomic E-state index is 0.419. The second-order valence-corrected chi connectivity index (χ2v) is 7.11. The lowest BCUT2D eigenvalue weighted by Crippen LogP contribution is -2.45.